The van der Waals surface area contributed by atoms with Crippen molar-refractivity contribution in [3.63, 3.8) is 0 Å². The highest BCUT2D eigenvalue weighted by Crippen LogP contribution is 2.25. The van der Waals surface area contributed by atoms with Gasteiger partial charge >= 0.3 is 0 Å². The lowest BCUT2D eigenvalue weighted by molar-refractivity contribution is 0.0995. The molecule has 1 amide bonds. The second-order valence-corrected chi connectivity index (χ2v) is 6.70. The number of halogens is 1. The van der Waals surface area contributed by atoms with Crippen molar-refractivity contribution in [3.05, 3.63) is 82.7 Å². The van der Waals surface area contributed by atoms with Crippen LogP contribution in [-0.2, 0) is 5.75 Å². The van der Waals surface area contributed by atoms with Gasteiger partial charge in [-0.1, -0.05) is 30.3 Å². The number of benzene rings is 2. The molecule has 0 aliphatic heterocycles. The number of hydrogen-bond acceptors (Lipinski definition) is 3. The molecule has 0 aliphatic carbocycles. The minimum Gasteiger partial charge on any atom is -0.455 e. The first-order valence-corrected chi connectivity index (χ1v) is 8.83. The number of anilines is 1. The standard InChI is InChI=1S/C18H14BrNO2S/c19-15-8-4-5-9-16(15)20-18(21)17-11-10-13(22-17)12-23-14-6-2-1-3-7-14/h1-11H,12H2,(H,20,21). The van der Waals surface area contributed by atoms with Crippen molar-refractivity contribution >= 4 is 39.3 Å². The molecule has 0 unspecified atom stereocenters. The van der Waals surface area contributed by atoms with E-state index in [0.29, 0.717) is 17.2 Å². The second kappa shape index (κ2) is 7.53. The van der Waals surface area contributed by atoms with Gasteiger partial charge in [0.05, 0.1) is 11.4 Å². The first-order valence-electron chi connectivity index (χ1n) is 7.05. The third-order valence-corrected chi connectivity index (χ3v) is 4.86. The van der Waals surface area contributed by atoms with E-state index in [1.54, 1.807) is 17.8 Å². The zero-order chi connectivity index (χ0) is 16.1. The molecule has 0 saturated carbocycles. The molecule has 0 aliphatic rings. The number of nitrogens with one attached hydrogen (secondary N) is 1. The quantitative estimate of drug-likeness (QED) is 0.580. The molecular formula is C18H14BrNO2S. The normalized spacial score (nSPS) is 10.5. The van der Waals surface area contributed by atoms with Gasteiger partial charge in [0.15, 0.2) is 5.76 Å². The number of furan rings is 1. The highest BCUT2D eigenvalue weighted by Gasteiger charge is 2.12. The minimum absolute atomic E-state index is 0.257. The largest absolute Gasteiger partial charge is 0.455 e. The van der Waals surface area contributed by atoms with Crippen molar-refractivity contribution < 1.29 is 9.21 Å². The number of thioether (sulfide) groups is 1. The lowest BCUT2D eigenvalue weighted by Gasteiger charge is -2.05. The Morgan fingerprint density at radius 3 is 2.52 bits per heavy atom. The van der Waals surface area contributed by atoms with Gasteiger partial charge in [0.1, 0.15) is 5.76 Å². The Morgan fingerprint density at radius 2 is 1.74 bits per heavy atom. The maximum Gasteiger partial charge on any atom is 0.291 e. The third-order valence-electron chi connectivity index (χ3n) is 3.13. The van der Waals surface area contributed by atoms with Crippen molar-refractivity contribution in [2.75, 3.05) is 5.32 Å². The maximum absolute atomic E-state index is 12.2. The molecule has 3 aromatic rings. The summed E-state index contributed by atoms with van der Waals surface area (Å²) in [5.74, 6) is 1.51. The maximum atomic E-state index is 12.2. The predicted molar refractivity (Wildman–Crippen MR) is 96.8 cm³/mol. The SMILES string of the molecule is O=C(Nc1ccccc1Br)c1ccc(CSc2ccccc2)o1. The summed E-state index contributed by atoms with van der Waals surface area (Å²) in [5.41, 5.74) is 0.717. The molecule has 0 spiro atoms. The zero-order valence-corrected chi connectivity index (χ0v) is 14.6. The molecule has 0 fully saturated rings. The summed E-state index contributed by atoms with van der Waals surface area (Å²) in [5, 5.41) is 2.83. The van der Waals surface area contributed by atoms with Gasteiger partial charge in [-0.25, -0.2) is 0 Å². The second-order valence-electron chi connectivity index (χ2n) is 4.80. The summed E-state index contributed by atoms with van der Waals surface area (Å²) < 4.78 is 6.46. The van der Waals surface area contributed by atoms with E-state index in [2.05, 4.69) is 21.2 Å². The fourth-order valence-electron chi connectivity index (χ4n) is 2.00. The molecule has 116 valence electrons. The number of para-hydroxylation sites is 1. The summed E-state index contributed by atoms with van der Waals surface area (Å²) in [7, 11) is 0. The van der Waals surface area contributed by atoms with Crippen molar-refractivity contribution in [3.8, 4) is 0 Å². The van der Waals surface area contributed by atoms with Gasteiger partial charge in [0.2, 0.25) is 0 Å². The first-order chi connectivity index (χ1) is 11.2. The van der Waals surface area contributed by atoms with Crippen LogP contribution >= 0.6 is 27.7 Å². The van der Waals surface area contributed by atoms with Crippen molar-refractivity contribution in [1.29, 1.82) is 0 Å². The highest BCUT2D eigenvalue weighted by molar-refractivity contribution is 9.10. The van der Waals surface area contributed by atoms with E-state index in [-0.39, 0.29) is 5.91 Å². The highest BCUT2D eigenvalue weighted by atomic mass is 79.9. The Hall–Kier alpha value is -1.98. The third kappa shape index (κ3) is 4.27. The van der Waals surface area contributed by atoms with E-state index < -0.39 is 0 Å². The van der Waals surface area contributed by atoms with Gasteiger partial charge in [-0.3, -0.25) is 4.79 Å². The van der Waals surface area contributed by atoms with E-state index in [1.165, 1.54) is 4.90 Å². The molecular weight excluding hydrogens is 374 g/mol. The van der Waals surface area contributed by atoms with Crippen LogP contribution in [0.3, 0.4) is 0 Å². The van der Waals surface area contributed by atoms with Gasteiger partial charge < -0.3 is 9.73 Å². The average molecular weight is 388 g/mol. The van der Waals surface area contributed by atoms with Crippen LogP contribution in [0.5, 0.6) is 0 Å². The van der Waals surface area contributed by atoms with Gasteiger partial charge in [-0.15, -0.1) is 11.8 Å². The van der Waals surface area contributed by atoms with Crippen LogP contribution in [0.25, 0.3) is 0 Å². The van der Waals surface area contributed by atoms with E-state index in [1.807, 2.05) is 60.7 Å². The summed E-state index contributed by atoms with van der Waals surface area (Å²) >= 11 is 5.08. The number of amides is 1. The van der Waals surface area contributed by atoms with Crippen molar-refractivity contribution in [1.82, 2.24) is 0 Å². The monoisotopic (exact) mass is 387 g/mol. The van der Waals surface area contributed by atoms with Crippen LogP contribution in [0, 0.1) is 0 Å². The number of carbonyl (C=O) groups is 1. The first kappa shape index (κ1) is 15.9. The molecule has 3 rings (SSSR count). The van der Waals surface area contributed by atoms with E-state index in [0.717, 1.165) is 10.2 Å². The van der Waals surface area contributed by atoms with Crippen molar-refractivity contribution in [2.24, 2.45) is 0 Å². The van der Waals surface area contributed by atoms with Crippen LogP contribution in [0.2, 0.25) is 0 Å². The van der Waals surface area contributed by atoms with Crippen LogP contribution < -0.4 is 5.32 Å². The predicted octanol–water partition coefficient (Wildman–Crippen LogP) is 5.59. The molecule has 0 radical (unpaired) electrons. The molecule has 3 nitrogen and oxygen atoms in total. The fourth-order valence-corrected chi connectivity index (χ4v) is 3.19. The van der Waals surface area contributed by atoms with Gasteiger partial charge in [0, 0.05) is 9.37 Å². The number of hydrogen-bond donors (Lipinski definition) is 1. The van der Waals surface area contributed by atoms with Crippen LogP contribution in [-0.4, -0.2) is 5.91 Å². The van der Waals surface area contributed by atoms with Crippen LogP contribution in [0.4, 0.5) is 5.69 Å². The van der Waals surface area contributed by atoms with E-state index in [4.69, 9.17) is 4.42 Å². The molecule has 5 heteroatoms. The summed E-state index contributed by atoms with van der Waals surface area (Å²) in [6.07, 6.45) is 0. The topological polar surface area (TPSA) is 42.2 Å². The zero-order valence-electron chi connectivity index (χ0n) is 12.2. The summed E-state index contributed by atoms with van der Waals surface area (Å²) in [6, 6.07) is 21.1. The Morgan fingerprint density at radius 1 is 1.00 bits per heavy atom. The van der Waals surface area contributed by atoms with Crippen LogP contribution in [0.1, 0.15) is 16.3 Å². The van der Waals surface area contributed by atoms with E-state index in [9.17, 15) is 4.79 Å². The number of rotatable bonds is 5. The Kier molecular flexibility index (Phi) is 5.20. The fraction of sp³-hybridized carbons (Fsp3) is 0.0556. The van der Waals surface area contributed by atoms with Gasteiger partial charge in [-0.2, -0.15) is 0 Å². The molecule has 1 heterocycles. The Balaban J connectivity index is 1.62. The molecule has 0 bridgehead atoms. The van der Waals surface area contributed by atoms with Gasteiger partial charge in [0.25, 0.3) is 5.91 Å². The van der Waals surface area contributed by atoms with Crippen molar-refractivity contribution in [2.45, 2.75) is 10.6 Å². The van der Waals surface area contributed by atoms with Crippen LogP contribution in [0.15, 0.2) is 80.5 Å². The lowest BCUT2D eigenvalue weighted by Crippen LogP contribution is -2.11. The molecule has 0 saturated heterocycles. The molecule has 2 aromatic carbocycles. The molecule has 1 N–H and O–H groups in total. The minimum atomic E-state index is -0.257. The molecule has 0 atom stereocenters. The average Bonchev–Trinajstić information content (AvgIpc) is 3.05. The lowest BCUT2D eigenvalue weighted by atomic mass is 10.3. The smallest absolute Gasteiger partial charge is 0.291 e. The summed E-state index contributed by atoms with van der Waals surface area (Å²) in [6.45, 7) is 0. The van der Waals surface area contributed by atoms with Gasteiger partial charge in [-0.05, 0) is 52.3 Å². The Bertz CT molecular complexity index is 802. The molecule has 23 heavy (non-hydrogen) atoms. The summed E-state index contributed by atoms with van der Waals surface area (Å²) in [4.78, 5) is 13.4. The Labute approximate surface area is 147 Å². The molecule has 1 aromatic heterocycles. The van der Waals surface area contributed by atoms with E-state index >= 15 is 0 Å². The number of carbonyl (C=O) groups excluding carboxylic acids is 1.